The van der Waals surface area contributed by atoms with Gasteiger partial charge in [0.1, 0.15) is 6.10 Å². The van der Waals surface area contributed by atoms with Gasteiger partial charge in [-0.2, -0.15) is 0 Å². The second-order valence-electron chi connectivity index (χ2n) is 4.60. The topological polar surface area (TPSA) is 26.3 Å². The van der Waals surface area contributed by atoms with Crippen LogP contribution in [0.3, 0.4) is 0 Å². The van der Waals surface area contributed by atoms with Crippen molar-refractivity contribution in [1.82, 2.24) is 0 Å². The van der Waals surface area contributed by atoms with Crippen LogP contribution >= 0.6 is 0 Å². The molecule has 0 amide bonds. The molecule has 1 unspecified atom stereocenters. The van der Waals surface area contributed by atoms with Gasteiger partial charge in [-0.1, -0.05) is 27.2 Å². The first kappa shape index (κ1) is 10.6. The Labute approximate surface area is 80.7 Å². The Morgan fingerprint density at radius 2 is 2.08 bits per heavy atom. The van der Waals surface area contributed by atoms with Crippen molar-refractivity contribution in [3.05, 3.63) is 0 Å². The van der Waals surface area contributed by atoms with Crippen molar-refractivity contribution in [3.8, 4) is 0 Å². The van der Waals surface area contributed by atoms with Gasteiger partial charge < -0.3 is 4.74 Å². The lowest BCUT2D eigenvalue weighted by Crippen LogP contribution is -2.33. The standard InChI is InChI=1S/C11H20O2/c1-8(2)10-5-4-9(3)6-11(10)13-7-12/h7-11H,4-6H2,1-3H3/t9-,10+,11?/m1/s1. The van der Waals surface area contributed by atoms with E-state index in [-0.39, 0.29) is 6.10 Å². The number of carbonyl (C=O) groups excluding carboxylic acids is 1. The molecule has 2 heteroatoms. The molecule has 0 saturated heterocycles. The van der Waals surface area contributed by atoms with E-state index in [2.05, 4.69) is 20.8 Å². The fourth-order valence-corrected chi connectivity index (χ4v) is 2.34. The number of hydrogen-bond acceptors (Lipinski definition) is 2. The van der Waals surface area contributed by atoms with Gasteiger partial charge in [0.05, 0.1) is 0 Å². The summed E-state index contributed by atoms with van der Waals surface area (Å²) >= 11 is 0. The van der Waals surface area contributed by atoms with Crippen LogP contribution in [-0.4, -0.2) is 12.6 Å². The summed E-state index contributed by atoms with van der Waals surface area (Å²) in [5, 5.41) is 0. The molecule has 3 atom stereocenters. The van der Waals surface area contributed by atoms with Gasteiger partial charge in [0.25, 0.3) is 6.47 Å². The number of carbonyl (C=O) groups is 1. The zero-order chi connectivity index (χ0) is 9.84. The molecule has 0 aromatic rings. The van der Waals surface area contributed by atoms with Gasteiger partial charge >= 0.3 is 0 Å². The van der Waals surface area contributed by atoms with Gasteiger partial charge in [-0.15, -0.1) is 0 Å². The molecule has 0 bridgehead atoms. The van der Waals surface area contributed by atoms with E-state index in [1.165, 1.54) is 12.8 Å². The molecule has 0 aromatic carbocycles. The van der Waals surface area contributed by atoms with Gasteiger partial charge in [-0.3, -0.25) is 4.79 Å². The third-order valence-electron chi connectivity index (χ3n) is 3.19. The van der Waals surface area contributed by atoms with Crippen LogP contribution in [0, 0.1) is 17.8 Å². The molecule has 1 rings (SSSR count). The maximum Gasteiger partial charge on any atom is 0.293 e. The lowest BCUT2D eigenvalue weighted by molar-refractivity contribution is -0.140. The predicted molar refractivity (Wildman–Crippen MR) is 52.3 cm³/mol. The molecule has 13 heavy (non-hydrogen) atoms. The van der Waals surface area contributed by atoms with Crippen molar-refractivity contribution in [2.45, 2.75) is 46.1 Å². The summed E-state index contributed by atoms with van der Waals surface area (Å²) in [4.78, 5) is 10.3. The van der Waals surface area contributed by atoms with Crippen LogP contribution in [0.5, 0.6) is 0 Å². The minimum atomic E-state index is 0.168. The quantitative estimate of drug-likeness (QED) is 0.630. The smallest absolute Gasteiger partial charge is 0.293 e. The summed E-state index contributed by atoms with van der Waals surface area (Å²) in [6.07, 6.45) is 3.70. The number of ether oxygens (including phenoxy) is 1. The molecule has 0 radical (unpaired) electrons. The van der Waals surface area contributed by atoms with E-state index in [4.69, 9.17) is 4.74 Å². The van der Waals surface area contributed by atoms with Crippen LogP contribution in [0.1, 0.15) is 40.0 Å². The molecule has 0 N–H and O–H groups in total. The van der Waals surface area contributed by atoms with E-state index in [0.717, 1.165) is 6.42 Å². The van der Waals surface area contributed by atoms with Crippen LogP contribution in [-0.2, 0) is 9.53 Å². The Balaban J connectivity index is 2.54. The van der Waals surface area contributed by atoms with Crippen molar-refractivity contribution in [1.29, 1.82) is 0 Å². The van der Waals surface area contributed by atoms with E-state index >= 15 is 0 Å². The summed E-state index contributed by atoms with van der Waals surface area (Å²) < 4.78 is 5.15. The van der Waals surface area contributed by atoms with E-state index in [0.29, 0.717) is 24.2 Å². The van der Waals surface area contributed by atoms with E-state index in [9.17, 15) is 4.79 Å². The molecule has 2 nitrogen and oxygen atoms in total. The zero-order valence-electron chi connectivity index (χ0n) is 8.82. The minimum Gasteiger partial charge on any atom is -0.464 e. The second-order valence-corrected chi connectivity index (χ2v) is 4.60. The summed E-state index contributed by atoms with van der Waals surface area (Å²) in [6, 6.07) is 0. The van der Waals surface area contributed by atoms with Gasteiger partial charge in [-0.25, -0.2) is 0 Å². The molecule has 1 aliphatic rings. The Kier molecular flexibility index (Phi) is 3.76. The highest BCUT2D eigenvalue weighted by atomic mass is 16.5. The molecule has 1 aliphatic carbocycles. The van der Waals surface area contributed by atoms with Crippen LogP contribution in [0.2, 0.25) is 0 Å². The fourth-order valence-electron chi connectivity index (χ4n) is 2.34. The van der Waals surface area contributed by atoms with Crippen molar-refractivity contribution in [3.63, 3.8) is 0 Å². The summed E-state index contributed by atoms with van der Waals surface area (Å²) in [5.41, 5.74) is 0. The van der Waals surface area contributed by atoms with Crippen LogP contribution < -0.4 is 0 Å². The minimum absolute atomic E-state index is 0.168. The van der Waals surface area contributed by atoms with Crippen molar-refractivity contribution < 1.29 is 9.53 Å². The van der Waals surface area contributed by atoms with Crippen LogP contribution in [0.15, 0.2) is 0 Å². The summed E-state index contributed by atoms with van der Waals surface area (Å²) in [7, 11) is 0. The van der Waals surface area contributed by atoms with Crippen molar-refractivity contribution in [2.24, 2.45) is 17.8 Å². The van der Waals surface area contributed by atoms with Crippen molar-refractivity contribution in [2.75, 3.05) is 0 Å². The maximum absolute atomic E-state index is 10.3. The largest absolute Gasteiger partial charge is 0.464 e. The second kappa shape index (κ2) is 4.64. The van der Waals surface area contributed by atoms with Crippen LogP contribution in [0.25, 0.3) is 0 Å². The van der Waals surface area contributed by atoms with Gasteiger partial charge in [0.2, 0.25) is 0 Å². The molecule has 0 spiro atoms. The Hall–Kier alpha value is -0.530. The molecule has 0 aromatic heterocycles. The van der Waals surface area contributed by atoms with Crippen LogP contribution in [0.4, 0.5) is 0 Å². The van der Waals surface area contributed by atoms with E-state index in [1.807, 2.05) is 0 Å². The maximum atomic E-state index is 10.3. The summed E-state index contributed by atoms with van der Waals surface area (Å²) in [5.74, 6) is 1.90. The first-order chi connectivity index (χ1) is 6.15. The molecular weight excluding hydrogens is 164 g/mol. The monoisotopic (exact) mass is 184 g/mol. The molecule has 0 heterocycles. The molecule has 0 aliphatic heterocycles. The third kappa shape index (κ3) is 2.71. The van der Waals surface area contributed by atoms with Crippen molar-refractivity contribution >= 4 is 6.47 Å². The lowest BCUT2D eigenvalue weighted by Gasteiger charge is -2.35. The van der Waals surface area contributed by atoms with E-state index < -0.39 is 0 Å². The zero-order valence-corrected chi connectivity index (χ0v) is 8.82. The molecular formula is C11H20O2. The third-order valence-corrected chi connectivity index (χ3v) is 3.19. The van der Waals surface area contributed by atoms with Gasteiger partial charge in [0, 0.05) is 0 Å². The predicted octanol–water partition coefficient (Wildman–Crippen LogP) is 2.62. The Bertz CT molecular complexity index is 165. The Morgan fingerprint density at radius 1 is 1.38 bits per heavy atom. The fraction of sp³-hybridized carbons (Fsp3) is 0.909. The highest BCUT2D eigenvalue weighted by molar-refractivity contribution is 5.37. The Morgan fingerprint density at radius 3 is 2.62 bits per heavy atom. The number of hydrogen-bond donors (Lipinski definition) is 0. The SMILES string of the molecule is CC(C)[C@@H]1CC[C@@H](C)CC1OC=O. The highest BCUT2D eigenvalue weighted by Gasteiger charge is 2.31. The van der Waals surface area contributed by atoms with Gasteiger partial charge in [0.15, 0.2) is 0 Å². The first-order valence-corrected chi connectivity index (χ1v) is 5.24. The first-order valence-electron chi connectivity index (χ1n) is 5.24. The van der Waals surface area contributed by atoms with Gasteiger partial charge in [-0.05, 0) is 30.6 Å². The normalized spacial score (nSPS) is 34.6. The summed E-state index contributed by atoms with van der Waals surface area (Å²) in [6.45, 7) is 7.26. The molecule has 1 saturated carbocycles. The number of rotatable bonds is 3. The molecule has 76 valence electrons. The average molecular weight is 184 g/mol. The lowest BCUT2D eigenvalue weighted by atomic mass is 9.75. The molecule has 1 fully saturated rings. The van der Waals surface area contributed by atoms with E-state index in [1.54, 1.807) is 0 Å². The average Bonchev–Trinajstić information content (AvgIpc) is 2.04. The highest BCUT2D eigenvalue weighted by Crippen LogP contribution is 2.34.